The van der Waals surface area contributed by atoms with Crippen LogP contribution in [0, 0.1) is 0 Å². The Balaban J connectivity index is 1.87. The maximum Gasteiger partial charge on any atom is 0.409 e. The van der Waals surface area contributed by atoms with Crippen LogP contribution in [-0.4, -0.2) is 108 Å². The van der Waals surface area contributed by atoms with E-state index in [9.17, 15) is 26.4 Å². The van der Waals surface area contributed by atoms with Crippen LogP contribution in [0.25, 0.3) is 0 Å². The molecule has 190 valence electrons. The van der Waals surface area contributed by atoms with Crippen molar-refractivity contribution in [3.8, 4) is 0 Å². The molecule has 2 saturated heterocycles. The molecule has 13 heteroatoms. The Hall–Kier alpha value is -2.38. The predicted octanol–water partition coefficient (Wildman–Crippen LogP) is 0.330. The number of likely N-dealkylation sites (tertiary alicyclic amines) is 1. The zero-order valence-corrected chi connectivity index (χ0v) is 21.3. The van der Waals surface area contributed by atoms with Gasteiger partial charge in [0, 0.05) is 26.2 Å². The van der Waals surface area contributed by atoms with Crippen molar-refractivity contribution in [1.82, 2.24) is 14.7 Å². The lowest BCUT2D eigenvalue weighted by atomic mass is 10.1. The zero-order valence-electron chi connectivity index (χ0n) is 19.7. The molecule has 2 aliphatic heterocycles. The summed E-state index contributed by atoms with van der Waals surface area (Å²) in [4.78, 5) is 31.1. The number of anilines is 1. The van der Waals surface area contributed by atoms with E-state index in [1.54, 1.807) is 21.9 Å². The molecule has 2 aliphatic rings. The standard InChI is InChI=1S/C21H32N4O7S2/c1-32-21(27)23-12-13-24(18(16-23)15-22-10-6-7-11-22)20(26)14-17-8-4-5-9-19(17)25(33(2,28)29)34(3,30)31/h4-5,8-9,18H,6-7,10-16H2,1-3H3. The molecule has 2 amide bonds. The molecule has 0 saturated carbocycles. The quantitative estimate of drug-likeness (QED) is 0.508. The number of piperazine rings is 1. The molecule has 0 spiro atoms. The third-order valence-electron chi connectivity index (χ3n) is 6.04. The van der Waals surface area contributed by atoms with E-state index in [-0.39, 0.29) is 24.1 Å². The highest BCUT2D eigenvalue weighted by Gasteiger charge is 2.35. The van der Waals surface area contributed by atoms with Crippen LogP contribution in [0.5, 0.6) is 0 Å². The highest BCUT2D eigenvalue weighted by molar-refractivity contribution is 8.09. The second-order valence-corrected chi connectivity index (χ2v) is 12.6. The molecule has 0 N–H and O–H groups in total. The number of hydrogen-bond donors (Lipinski definition) is 0. The molecular weight excluding hydrogens is 484 g/mol. The molecule has 1 aromatic carbocycles. The minimum Gasteiger partial charge on any atom is -0.453 e. The van der Waals surface area contributed by atoms with Crippen molar-refractivity contribution in [3.05, 3.63) is 29.8 Å². The SMILES string of the molecule is COC(=O)N1CCN(C(=O)Cc2ccccc2N(S(C)(=O)=O)S(C)(=O)=O)C(CN2CCCC2)C1. The van der Waals surface area contributed by atoms with Crippen molar-refractivity contribution < 1.29 is 31.2 Å². The lowest BCUT2D eigenvalue weighted by Gasteiger charge is -2.42. The van der Waals surface area contributed by atoms with Gasteiger partial charge >= 0.3 is 6.09 Å². The van der Waals surface area contributed by atoms with E-state index in [1.807, 2.05) is 0 Å². The van der Waals surface area contributed by atoms with Crippen molar-refractivity contribution in [2.24, 2.45) is 0 Å². The molecular formula is C21H32N4O7S2. The Kier molecular flexibility index (Phi) is 8.09. The highest BCUT2D eigenvalue weighted by Crippen LogP contribution is 2.27. The first-order valence-corrected chi connectivity index (χ1v) is 14.7. The smallest absolute Gasteiger partial charge is 0.409 e. The van der Waals surface area contributed by atoms with Crippen molar-refractivity contribution in [3.63, 3.8) is 0 Å². The molecule has 3 rings (SSSR count). The van der Waals surface area contributed by atoms with Crippen LogP contribution in [0.1, 0.15) is 18.4 Å². The molecule has 0 aliphatic carbocycles. The van der Waals surface area contributed by atoms with Gasteiger partial charge in [-0.05, 0) is 37.6 Å². The van der Waals surface area contributed by atoms with Gasteiger partial charge in [-0.25, -0.2) is 21.6 Å². The Morgan fingerprint density at radius 1 is 1.00 bits per heavy atom. The van der Waals surface area contributed by atoms with Crippen molar-refractivity contribution in [2.75, 3.05) is 62.6 Å². The zero-order chi connectivity index (χ0) is 25.1. The van der Waals surface area contributed by atoms with Gasteiger partial charge in [0.1, 0.15) is 0 Å². The summed E-state index contributed by atoms with van der Waals surface area (Å²) in [5, 5.41) is 0. The number of amides is 2. The summed E-state index contributed by atoms with van der Waals surface area (Å²) in [6.45, 7) is 3.41. The fraction of sp³-hybridized carbons (Fsp3) is 0.619. The van der Waals surface area contributed by atoms with Gasteiger partial charge in [0.05, 0.1) is 37.8 Å². The Morgan fingerprint density at radius 3 is 2.21 bits per heavy atom. The van der Waals surface area contributed by atoms with Crippen LogP contribution >= 0.6 is 0 Å². The number of sulfonamides is 2. The van der Waals surface area contributed by atoms with Gasteiger partial charge in [0.25, 0.3) is 0 Å². The fourth-order valence-electron chi connectivity index (χ4n) is 4.60. The maximum atomic E-state index is 13.4. The first-order valence-electron chi connectivity index (χ1n) is 11.0. The minimum atomic E-state index is -4.15. The van der Waals surface area contributed by atoms with Gasteiger partial charge in [-0.3, -0.25) is 4.79 Å². The molecule has 34 heavy (non-hydrogen) atoms. The van der Waals surface area contributed by atoms with Gasteiger partial charge in [-0.1, -0.05) is 18.2 Å². The number of ether oxygens (including phenoxy) is 1. The van der Waals surface area contributed by atoms with E-state index in [0.717, 1.165) is 38.4 Å². The fourth-order valence-corrected chi connectivity index (χ4v) is 7.64. The Bertz CT molecular complexity index is 1090. The molecule has 1 unspecified atom stereocenters. The third-order valence-corrected chi connectivity index (χ3v) is 9.26. The number of nitrogens with zero attached hydrogens (tertiary/aromatic N) is 4. The Morgan fingerprint density at radius 2 is 1.62 bits per heavy atom. The first kappa shape index (κ1) is 26.2. The summed E-state index contributed by atoms with van der Waals surface area (Å²) in [5.74, 6) is -0.261. The second-order valence-electron chi connectivity index (χ2n) is 8.69. The van der Waals surface area contributed by atoms with Crippen LogP contribution in [0.2, 0.25) is 0 Å². The van der Waals surface area contributed by atoms with Crippen molar-refractivity contribution >= 4 is 37.7 Å². The lowest BCUT2D eigenvalue weighted by Crippen LogP contribution is -2.59. The topological polar surface area (TPSA) is 125 Å². The average Bonchev–Trinajstić information content (AvgIpc) is 3.25. The van der Waals surface area contributed by atoms with Gasteiger partial charge in [0.2, 0.25) is 26.0 Å². The number of methoxy groups -OCH3 is 1. The van der Waals surface area contributed by atoms with Crippen molar-refractivity contribution in [2.45, 2.75) is 25.3 Å². The molecule has 2 fully saturated rings. The monoisotopic (exact) mass is 516 g/mol. The summed E-state index contributed by atoms with van der Waals surface area (Å²) in [6, 6.07) is 5.83. The lowest BCUT2D eigenvalue weighted by molar-refractivity contribution is -0.135. The van der Waals surface area contributed by atoms with Crippen LogP contribution < -0.4 is 3.71 Å². The largest absolute Gasteiger partial charge is 0.453 e. The number of carbonyl (C=O) groups is 2. The van der Waals surface area contributed by atoms with E-state index in [1.165, 1.54) is 19.2 Å². The number of carbonyl (C=O) groups excluding carboxylic acids is 2. The summed E-state index contributed by atoms with van der Waals surface area (Å²) >= 11 is 0. The average molecular weight is 517 g/mol. The molecule has 11 nitrogen and oxygen atoms in total. The highest BCUT2D eigenvalue weighted by atomic mass is 32.3. The molecule has 0 bridgehead atoms. The number of rotatable bonds is 7. The molecule has 0 aromatic heterocycles. The van der Waals surface area contributed by atoms with Crippen LogP contribution in [0.3, 0.4) is 0 Å². The van der Waals surface area contributed by atoms with Gasteiger partial charge in [-0.15, -0.1) is 0 Å². The summed E-state index contributed by atoms with van der Waals surface area (Å²) < 4.78 is 54.4. The molecule has 0 radical (unpaired) electrons. The normalized spacial score (nSPS) is 19.8. The van der Waals surface area contributed by atoms with Crippen LogP contribution in [0.15, 0.2) is 24.3 Å². The molecule has 1 aromatic rings. The van der Waals surface area contributed by atoms with Crippen LogP contribution in [-0.2, 0) is 36.0 Å². The maximum absolute atomic E-state index is 13.4. The number of para-hydroxylation sites is 1. The molecule has 1 atom stereocenters. The minimum absolute atomic E-state index is 0.0647. The van der Waals surface area contributed by atoms with Gasteiger partial charge in [-0.2, -0.15) is 3.71 Å². The number of benzene rings is 1. The van der Waals surface area contributed by atoms with E-state index in [4.69, 9.17) is 4.74 Å². The van der Waals surface area contributed by atoms with E-state index < -0.39 is 26.1 Å². The summed E-state index contributed by atoms with van der Waals surface area (Å²) in [7, 11) is -6.98. The summed E-state index contributed by atoms with van der Waals surface area (Å²) in [6.07, 6.45) is 3.17. The first-order chi connectivity index (χ1) is 15.9. The van der Waals surface area contributed by atoms with E-state index in [0.29, 0.717) is 35.5 Å². The van der Waals surface area contributed by atoms with E-state index in [2.05, 4.69) is 4.90 Å². The predicted molar refractivity (Wildman–Crippen MR) is 127 cm³/mol. The Labute approximate surface area is 201 Å². The van der Waals surface area contributed by atoms with Gasteiger partial charge < -0.3 is 19.4 Å². The van der Waals surface area contributed by atoms with E-state index >= 15 is 0 Å². The van der Waals surface area contributed by atoms with Crippen molar-refractivity contribution in [1.29, 1.82) is 0 Å². The second kappa shape index (κ2) is 10.5. The number of hydrogen-bond acceptors (Lipinski definition) is 8. The van der Waals surface area contributed by atoms with Crippen LogP contribution in [0.4, 0.5) is 10.5 Å². The summed E-state index contributed by atoms with van der Waals surface area (Å²) in [5.41, 5.74) is 0.226. The third kappa shape index (κ3) is 6.19. The molecule has 2 heterocycles. The van der Waals surface area contributed by atoms with Gasteiger partial charge in [0.15, 0.2) is 0 Å².